The van der Waals surface area contributed by atoms with Crippen molar-refractivity contribution in [2.75, 3.05) is 26.7 Å². The number of aliphatic hydroxyl groups excluding tert-OH is 1. The molecule has 8 heteroatoms. The molecule has 0 radical (unpaired) electrons. The van der Waals surface area contributed by atoms with Crippen molar-refractivity contribution in [3.63, 3.8) is 0 Å². The molecule has 8 atom stereocenters. The highest BCUT2D eigenvalue weighted by Gasteiger charge is 2.57. The molecule has 0 aliphatic rings. The van der Waals surface area contributed by atoms with Gasteiger partial charge in [0, 0.05) is 51.4 Å². The van der Waals surface area contributed by atoms with Crippen molar-refractivity contribution < 1.29 is 24.2 Å². The van der Waals surface area contributed by atoms with E-state index in [1.807, 2.05) is 0 Å². The third kappa shape index (κ3) is 13.6. The molecule has 0 rings (SSSR count). The van der Waals surface area contributed by atoms with Crippen molar-refractivity contribution in [3.05, 3.63) is 0 Å². The average Bonchev–Trinajstić information content (AvgIpc) is 3.21. The number of carbonyl (C=O) groups is 2. The molecule has 0 saturated carbocycles. The summed E-state index contributed by atoms with van der Waals surface area (Å²) in [5.74, 6) is -0.762. The first-order valence-corrected chi connectivity index (χ1v) is 24.4. The fraction of sp³-hybridized carbons (Fsp3) is 0.961. The molecule has 0 spiro atoms. The zero-order valence-electron chi connectivity index (χ0n) is 43.0. The van der Waals surface area contributed by atoms with Crippen LogP contribution < -0.4 is 16.4 Å². The van der Waals surface area contributed by atoms with Gasteiger partial charge in [-0.05, 0) is 91.3 Å². The van der Waals surface area contributed by atoms with Gasteiger partial charge in [-0.1, -0.05) is 150 Å². The molecule has 0 aromatic rings. The van der Waals surface area contributed by atoms with E-state index in [4.69, 9.17) is 15.2 Å². The number of primary amides is 1. The van der Waals surface area contributed by atoms with Crippen LogP contribution in [0.2, 0.25) is 0 Å². The molecule has 0 aliphatic heterocycles. The zero-order chi connectivity index (χ0) is 46.3. The normalized spacial score (nSPS) is 19.4. The number of hydrogen-bond acceptors (Lipinski definition) is 6. The maximum absolute atomic E-state index is 14.9. The number of amides is 2. The highest BCUT2D eigenvalue weighted by atomic mass is 16.5. The number of nitrogens with one attached hydrogen (secondary N) is 2. The first-order chi connectivity index (χ1) is 27.2. The Bertz CT molecular complexity index is 1220. The summed E-state index contributed by atoms with van der Waals surface area (Å²) in [5, 5.41) is 18.0. The van der Waals surface area contributed by atoms with Crippen molar-refractivity contribution in [2.45, 2.75) is 245 Å². The predicted octanol–water partition coefficient (Wildman–Crippen LogP) is 12.0. The fourth-order valence-electron chi connectivity index (χ4n) is 11.2. The lowest BCUT2D eigenvalue weighted by Crippen LogP contribution is -2.55. The summed E-state index contributed by atoms with van der Waals surface area (Å²) >= 11 is 0. The molecular weight excluding hydrogens is 735 g/mol. The molecule has 5 N–H and O–H groups in total. The smallest absolute Gasteiger partial charge is 0.223 e. The van der Waals surface area contributed by atoms with Gasteiger partial charge < -0.3 is 30.9 Å². The number of hydrogen-bond donors (Lipinski definition) is 4. The maximum atomic E-state index is 14.9. The van der Waals surface area contributed by atoms with Crippen LogP contribution in [-0.4, -0.2) is 67.1 Å². The number of ether oxygens (including phenoxy) is 2. The Balaban J connectivity index is 6.47. The quantitative estimate of drug-likeness (QED) is 0.0488. The van der Waals surface area contributed by atoms with Gasteiger partial charge in [-0.2, -0.15) is 0 Å². The number of carbonyl (C=O) groups excluding carboxylic acids is 2. The van der Waals surface area contributed by atoms with Gasteiger partial charge in [0.05, 0.1) is 23.4 Å². The molecule has 0 saturated heterocycles. The van der Waals surface area contributed by atoms with Gasteiger partial charge >= 0.3 is 0 Å². The lowest BCUT2D eigenvalue weighted by Gasteiger charge is -2.57. The standard InChI is InChI=1S/C51H103N3O5/c1-21-45(14,22-2)44(12,13)35-40(42(52)56)49(18,27-7)47(16,25-5)36-41(50(19,28-8)46(15,23-3)24-4)43(57)54-32-31-53-37-39(55)34-48(17,26-6)59-38(11)33-51(29-9,30-10)58-20/h38-41,53,55H,21-37H2,1-20H3,(H2,52,56)(H,54,57). The van der Waals surface area contributed by atoms with E-state index in [0.29, 0.717) is 32.5 Å². The Morgan fingerprint density at radius 1 is 0.593 bits per heavy atom. The van der Waals surface area contributed by atoms with Gasteiger partial charge in [-0.25, -0.2) is 0 Å². The number of rotatable bonds is 33. The van der Waals surface area contributed by atoms with Gasteiger partial charge in [-0.15, -0.1) is 0 Å². The molecule has 352 valence electrons. The van der Waals surface area contributed by atoms with Gasteiger partial charge in [0.15, 0.2) is 0 Å². The summed E-state index contributed by atoms with van der Waals surface area (Å²) in [6.45, 7) is 44.2. The maximum Gasteiger partial charge on any atom is 0.223 e. The van der Waals surface area contributed by atoms with E-state index in [1.165, 1.54) is 0 Å². The molecule has 0 bridgehead atoms. The van der Waals surface area contributed by atoms with Crippen molar-refractivity contribution in [3.8, 4) is 0 Å². The van der Waals surface area contributed by atoms with E-state index in [0.717, 1.165) is 77.0 Å². The summed E-state index contributed by atoms with van der Waals surface area (Å²) in [5.41, 5.74) is 4.61. The first kappa shape index (κ1) is 57.8. The van der Waals surface area contributed by atoms with Crippen molar-refractivity contribution in [2.24, 2.45) is 50.1 Å². The number of nitrogens with two attached hydrogens (primary N) is 1. The third-order valence-corrected chi connectivity index (χ3v) is 18.6. The summed E-state index contributed by atoms with van der Waals surface area (Å²) in [6, 6.07) is 0. The molecule has 2 amide bonds. The highest BCUT2D eigenvalue weighted by molar-refractivity contribution is 5.80. The Labute approximate surface area is 367 Å². The minimum Gasteiger partial charge on any atom is -0.392 e. The van der Waals surface area contributed by atoms with Crippen molar-refractivity contribution in [1.82, 2.24) is 10.6 Å². The molecule has 0 aromatic carbocycles. The van der Waals surface area contributed by atoms with Gasteiger partial charge in [0.2, 0.25) is 11.8 Å². The second-order valence-electron chi connectivity index (χ2n) is 21.2. The summed E-state index contributed by atoms with van der Waals surface area (Å²) in [7, 11) is 1.79. The molecule has 0 aromatic heterocycles. The SMILES string of the molecule is CCC(C)(CC(O)CNCCNC(=O)C(CC(C)(CC)C(C)(CC)C(CC(C)(C)C(C)(CC)CC)C(N)=O)C(C)(CC)C(C)(CC)CC)OC(C)CC(CC)(CC)OC. The van der Waals surface area contributed by atoms with E-state index < -0.39 is 17.1 Å². The second-order valence-corrected chi connectivity index (χ2v) is 21.2. The van der Waals surface area contributed by atoms with E-state index >= 15 is 0 Å². The van der Waals surface area contributed by atoms with Crippen LogP contribution in [0.25, 0.3) is 0 Å². The molecular formula is C51H103N3O5. The van der Waals surface area contributed by atoms with Crippen LogP contribution in [-0.2, 0) is 19.1 Å². The van der Waals surface area contributed by atoms with Gasteiger partial charge in [0.1, 0.15) is 0 Å². The van der Waals surface area contributed by atoms with Crippen LogP contribution in [0.15, 0.2) is 0 Å². The van der Waals surface area contributed by atoms with Crippen LogP contribution in [0.4, 0.5) is 0 Å². The van der Waals surface area contributed by atoms with E-state index in [1.54, 1.807) is 7.11 Å². The third-order valence-electron chi connectivity index (χ3n) is 18.6. The largest absolute Gasteiger partial charge is 0.392 e. The minimum absolute atomic E-state index is 0.00426. The highest BCUT2D eigenvalue weighted by Crippen LogP contribution is 2.61. The summed E-state index contributed by atoms with van der Waals surface area (Å²) in [6.07, 6.45) is 11.3. The average molecular weight is 838 g/mol. The summed E-state index contributed by atoms with van der Waals surface area (Å²) < 4.78 is 12.5. The predicted molar refractivity (Wildman–Crippen MR) is 252 cm³/mol. The molecule has 8 unspecified atom stereocenters. The van der Waals surface area contributed by atoms with Crippen LogP contribution in [0.5, 0.6) is 0 Å². The van der Waals surface area contributed by atoms with Gasteiger partial charge in [-0.3, -0.25) is 9.59 Å². The monoisotopic (exact) mass is 838 g/mol. The van der Waals surface area contributed by atoms with E-state index in [9.17, 15) is 14.7 Å². The molecule has 8 nitrogen and oxygen atoms in total. The lowest BCUT2D eigenvalue weighted by molar-refractivity contribution is -0.146. The summed E-state index contributed by atoms with van der Waals surface area (Å²) in [4.78, 5) is 28.6. The molecule has 0 fully saturated rings. The molecule has 0 aliphatic carbocycles. The van der Waals surface area contributed by atoms with Crippen LogP contribution >= 0.6 is 0 Å². The fourth-order valence-corrected chi connectivity index (χ4v) is 11.2. The second kappa shape index (κ2) is 24.0. The Hall–Kier alpha value is -1.22. The first-order valence-electron chi connectivity index (χ1n) is 24.4. The Morgan fingerprint density at radius 2 is 1.07 bits per heavy atom. The van der Waals surface area contributed by atoms with Crippen LogP contribution in [0.3, 0.4) is 0 Å². The Kier molecular flexibility index (Phi) is 23.5. The minimum atomic E-state index is -0.592. The zero-order valence-corrected chi connectivity index (χ0v) is 43.0. The van der Waals surface area contributed by atoms with Crippen LogP contribution in [0, 0.1) is 44.3 Å². The lowest BCUT2D eigenvalue weighted by atomic mass is 9.47. The molecule has 0 heterocycles. The topological polar surface area (TPSA) is 123 Å². The van der Waals surface area contributed by atoms with E-state index in [2.05, 4.69) is 142 Å². The van der Waals surface area contributed by atoms with Crippen molar-refractivity contribution in [1.29, 1.82) is 0 Å². The number of aliphatic hydroxyl groups is 1. The van der Waals surface area contributed by atoms with Gasteiger partial charge in [0.25, 0.3) is 0 Å². The van der Waals surface area contributed by atoms with E-state index in [-0.39, 0.29) is 62.4 Å². The number of methoxy groups -OCH3 is 1. The Morgan fingerprint density at radius 3 is 1.46 bits per heavy atom. The van der Waals surface area contributed by atoms with Crippen LogP contribution in [0.1, 0.15) is 221 Å². The van der Waals surface area contributed by atoms with Crippen molar-refractivity contribution >= 4 is 11.8 Å². The molecule has 59 heavy (non-hydrogen) atoms.